The van der Waals surface area contributed by atoms with Gasteiger partial charge in [-0.3, -0.25) is 14.6 Å². The number of ether oxygens (including phenoxy) is 1. The summed E-state index contributed by atoms with van der Waals surface area (Å²) in [5, 5.41) is 22.7. The van der Waals surface area contributed by atoms with Crippen LogP contribution in [0.25, 0.3) is 0 Å². The summed E-state index contributed by atoms with van der Waals surface area (Å²) in [6.07, 6.45) is -5.89. The Morgan fingerprint density at radius 2 is 2.09 bits per heavy atom. The maximum atomic E-state index is 14.4. The second kappa shape index (κ2) is 10.9. The normalized spacial score (nSPS) is 18.4. The number of nitrogens with one attached hydrogen (secondary N) is 2. The molecule has 1 unspecified atom stereocenters. The fourth-order valence-electron chi connectivity index (χ4n) is 3.27. The van der Waals surface area contributed by atoms with Gasteiger partial charge in [0.05, 0.1) is 19.5 Å². The van der Waals surface area contributed by atoms with Crippen molar-refractivity contribution in [2.45, 2.75) is 44.3 Å². The van der Waals surface area contributed by atoms with E-state index in [2.05, 4.69) is 35.9 Å². The third-order valence-corrected chi connectivity index (χ3v) is 5.79. The van der Waals surface area contributed by atoms with E-state index in [0.717, 1.165) is 23.5 Å². The van der Waals surface area contributed by atoms with Crippen LogP contribution in [0.15, 0.2) is 34.6 Å². The molecule has 0 fully saturated rings. The molecule has 0 spiro atoms. The summed E-state index contributed by atoms with van der Waals surface area (Å²) < 4.78 is 55.3. The lowest BCUT2D eigenvalue weighted by Gasteiger charge is -2.20. The highest BCUT2D eigenvalue weighted by molar-refractivity contribution is 7.15. The molecular weight excluding hydrogens is 494 g/mol. The number of carbonyl (C=O) groups excluding carboxylic acids is 2. The number of nitrogens with zero attached hydrogens (tertiary/aromatic N) is 5. The minimum Gasteiger partial charge on any atom is -0.406 e. The molecule has 10 nitrogen and oxygen atoms in total. The highest BCUT2D eigenvalue weighted by atomic mass is 32.1. The first-order valence-corrected chi connectivity index (χ1v) is 11.3. The van der Waals surface area contributed by atoms with Crippen molar-refractivity contribution in [3.05, 3.63) is 34.8 Å². The fraction of sp³-hybridized carbons (Fsp3) is 0.500. The Bertz CT molecular complexity index is 1080. The summed E-state index contributed by atoms with van der Waals surface area (Å²) in [6.45, 7) is 1.76. The van der Waals surface area contributed by atoms with Gasteiger partial charge >= 0.3 is 6.36 Å². The Labute approximate surface area is 201 Å². The maximum Gasteiger partial charge on any atom is 0.573 e. The summed E-state index contributed by atoms with van der Waals surface area (Å²) in [5.41, 5.74) is -0.728. The molecule has 0 radical (unpaired) electrons. The molecule has 35 heavy (non-hydrogen) atoms. The highest BCUT2D eigenvalue weighted by Crippen LogP contribution is 2.25. The van der Waals surface area contributed by atoms with Gasteiger partial charge in [0.15, 0.2) is 5.54 Å². The standard InChI is InChI=1S/C20H23F4N7O3S/c1-19(17(33)25-2)11-31(30-29-19)10-13(21)6-7-16-27-28-18(35-16)26-15(32)9-12-4-3-5-14(8-12)34-20(22,23)24/h3-5,8,13H,6-7,9-11H2,1-2H3,(H,25,33)(H,26,28,32)/t13-,19?/m1/s1. The number of rotatable bonds is 10. The van der Waals surface area contributed by atoms with Crippen LogP contribution in [0, 0.1) is 0 Å². The number of alkyl halides is 4. The third kappa shape index (κ3) is 7.83. The third-order valence-electron chi connectivity index (χ3n) is 4.89. The first-order valence-electron chi connectivity index (χ1n) is 10.5. The van der Waals surface area contributed by atoms with E-state index in [0.29, 0.717) is 10.6 Å². The van der Waals surface area contributed by atoms with Gasteiger partial charge in [-0.2, -0.15) is 5.11 Å². The van der Waals surface area contributed by atoms with E-state index in [1.807, 2.05) is 0 Å². The number of aromatic nitrogens is 2. The molecule has 0 aliphatic carbocycles. The molecule has 2 amide bonds. The minimum atomic E-state index is -4.83. The summed E-state index contributed by atoms with van der Waals surface area (Å²) in [4.78, 5) is 24.1. The van der Waals surface area contributed by atoms with Gasteiger partial charge in [0.1, 0.15) is 16.9 Å². The SMILES string of the molecule is CNC(=O)C1(C)CN(C[C@H](F)CCc2nnc(NC(=O)Cc3cccc(OC(F)(F)F)c3)s2)N=N1. The van der Waals surface area contributed by atoms with Crippen LogP contribution in [0.2, 0.25) is 0 Å². The second-order valence-electron chi connectivity index (χ2n) is 7.95. The zero-order valence-corrected chi connectivity index (χ0v) is 19.6. The number of benzene rings is 1. The number of halogens is 4. The first kappa shape index (κ1) is 26.2. The molecule has 0 bridgehead atoms. The highest BCUT2D eigenvalue weighted by Gasteiger charge is 2.39. The monoisotopic (exact) mass is 517 g/mol. The van der Waals surface area contributed by atoms with E-state index in [-0.39, 0.29) is 43.4 Å². The van der Waals surface area contributed by atoms with Crippen molar-refractivity contribution in [1.82, 2.24) is 20.5 Å². The Morgan fingerprint density at radius 1 is 1.31 bits per heavy atom. The molecular formula is C20H23F4N7O3S. The molecule has 190 valence electrons. The van der Waals surface area contributed by atoms with Gasteiger partial charge in [0, 0.05) is 13.5 Å². The molecule has 2 aromatic rings. The zero-order chi connectivity index (χ0) is 25.6. The van der Waals surface area contributed by atoms with Gasteiger partial charge in [0.2, 0.25) is 11.0 Å². The van der Waals surface area contributed by atoms with Crippen LogP contribution in [0.4, 0.5) is 22.7 Å². The van der Waals surface area contributed by atoms with Crippen LogP contribution in [-0.2, 0) is 22.4 Å². The molecule has 1 aliphatic heterocycles. The molecule has 2 heterocycles. The van der Waals surface area contributed by atoms with Crippen LogP contribution in [-0.4, -0.2) is 65.2 Å². The molecule has 3 rings (SSSR count). The Balaban J connectivity index is 1.43. The van der Waals surface area contributed by atoms with Crippen LogP contribution in [0.1, 0.15) is 23.9 Å². The lowest BCUT2D eigenvalue weighted by atomic mass is 10.0. The Hall–Kier alpha value is -3.36. The van der Waals surface area contributed by atoms with Crippen LogP contribution < -0.4 is 15.4 Å². The number of likely N-dealkylation sites (N-methyl/N-ethyl adjacent to an activating group) is 1. The van der Waals surface area contributed by atoms with Crippen molar-refractivity contribution in [3.8, 4) is 5.75 Å². The summed E-state index contributed by atoms with van der Waals surface area (Å²) in [5.74, 6) is -1.22. The van der Waals surface area contributed by atoms with Crippen molar-refractivity contribution >= 4 is 28.3 Å². The van der Waals surface area contributed by atoms with Gasteiger partial charge in [-0.25, -0.2) is 4.39 Å². The predicted molar refractivity (Wildman–Crippen MR) is 117 cm³/mol. The van der Waals surface area contributed by atoms with E-state index in [4.69, 9.17) is 0 Å². The Morgan fingerprint density at radius 3 is 2.80 bits per heavy atom. The van der Waals surface area contributed by atoms with Crippen molar-refractivity contribution in [2.75, 3.05) is 25.5 Å². The predicted octanol–water partition coefficient (Wildman–Crippen LogP) is 3.08. The zero-order valence-electron chi connectivity index (χ0n) is 18.8. The number of amides is 2. The molecule has 0 saturated carbocycles. The summed E-state index contributed by atoms with van der Waals surface area (Å²) >= 11 is 1.07. The van der Waals surface area contributed by atoms with Crippen molar-refractivity contribution in [3.63, 3.8) is 0 Å². The Kier molecular flexibility index (Phi) is 8.19. The summed E-state index contributed by atoms with van der Waals surface area (Å²) in [7, 11) is 1.49. The molecule has 0 saturated heterocycles. The van der Waals surface area contributed by atoms with Gasteiger partial charge < -0.3 is 15.4 Å². The van der Waals surface area contributed by atoms with Gasteiger partial charge in [0.25, 0.3) is 5.91 Å². The quantitative estimate of drug-likeness (QED) is 0.468. The number of anilines is 1. The largest absolute Gasteiger partial charge is 0.573 e. The van der Waals surface area contributed by atoms with Crippen molar-refractivity contribution in [1.29, 1.82) is 0 Å². The molecule has 1 aromatic carbocycles. The minimum absolute atomic E-state index is 0.0321. The van der Waals surface area contributed by atoms with Crippen LogP contribution in [0.3, 0.4) is 0 Å². The number of hydrogen-bond acceptors (Lipinski definition) is 9. The molecule has 1 aromatic heterocycles. The fourth-order valence-corrected chi connectivity index (χ4v) is 4.05. The van der Waals surface area contributed by atoms with E-state index in [1.54, 1.807) is 6.92 Å². The van der Waals surface area contributed by atoms with E-state index in [9.17, 15) is 27.2 Å². The van der Waals surface area contributed by atoms with Gasteiger partial charge in [-0.15, -0.1) is 23.4 Å². The molecule has 2 N–H and O–H groups in total. The van der Waals surface area contributed by atoms with Crippen molar-refractivity contribution in [2.24, 2.45) is 10.3 Å². The second-order valence-corrected chi connectivity index (χ2v) is 9.01. The van der Waals surface area contributed by atoms with Crippen molar-refractivity contribution < 1.29 is 31.9 Å². The van der Waals surface area contributed by atoms with Gasteiger partial charge in [-0.05, 0) is 31.0 Å². The van der Waals surface area contributed by atoms with E-state index < -0.39 is 29.7 Å². The topological polar surface area (TPSA) is 121 Å². The number of carbonyl (C=O) groups is 2. The molecule has 2 atom stereocenters. The van der Waals surface area contributed by atoms with Gasteiger partial charge in [-0.1, -0.05) is 28.7 Å². The smallest absolute Gasteiger partial charge is 0.406 e. The number of hydrogen-bond donors (Lipinski definition) is 2. The van der Waals surface area contributed by atoms with Crippen LogP contribution in [0.5, 0.6) is 5.75 Å². The average Bonchev–Trinajstić information content (AvgIpc) is 3.37. The van der Waals surface area contributed by atoms with E-state index in [1.165, 1.54) is 24.2 Å². The van der Waals surface area contributed by atoms with Crippen LogP contribution >= 0.6 is 11.3 Å². The average molecular weight is 518 g/mol. The number of aryl methyl sites for hydroxylation is 1. The lowest BCUT2D eigenvalue weighted by Crippen LogP contribution is -2.45. The summed E-state index contributed by atoms with van der Waals surface area (Å²) in [6, 6.07) is 5.10. The maximum absolute atomic E-state index is 14.4. The van der Waals surface area contributed by atoms with E-state index >= 15 is 0 Å². The first-order chi connectivity index (χ1) is 16.5. The molecule has 1 aliphatic rings. The molecule has 15 heteroatoms. The lowest BCUT2D eigenvalue weighted by molar-refractivity contribution is -0.274.